The SMILES string of the molecule is COc1cc(NC(=O)[C@@H]2CCCN(C(=O)c3cc4ccccc4[nH]3)C2)cc(OC)c1OC. The molecule has 1 aliphatic heterocycles. The van der Waals surface area contributed by atoms with Gasteiger partial charge in [0.2, 0.25) is 11.7 Å². The molecular weight excluding hydrogens is 410 g/mol. The van der Waals surface area contributed by atoms with Crippen molar-refractivity contribution >= 4 is 28.4 Å². The molecule has 32 heavy (non-hydrogen) atoms. The Balaban J connectivity index is 1.47. The van der Waals surface area contributed by atoms with E-state index in [1.165, 1.54) is 21.3 Å². The Kier molecular flexibility index (Phi) is 6.20. The predicted octanol–water partition coefficient (Wildman–Crippen LogP) is 3.68. The number of carbonyl (C=O) groups is 2. The van der Waals surface area contributed by atoms with Crippen LogP contribution in [-0.2, 0) is 4.79 Å². The van der Waals surface area contributed by atoms with E-state index < -0.39 is 0 Å². The number of piperidine rings is 1. The van der Waals surface area contributed by atoms with Crippen molar-refractivity contribution in [1.82, 2.24) is 9.88 Å². The number of likely N-dealkylation sites (tertiary alicyclic amines) is 1. The predicted molar refractivity (Wildman–Crippen MR) is 122 cm³/mol. The van der Waals surface area contributed by atoms with Crippen LogP contribution in [0.15, 0.2) is 42.5 Å². The maximum atomic E-state index is 13.0. The molecule has 2 aromatic carbocycles. The fraction of sp³-hybridized carbons (Fsp3) is 0.333. The summed E-state index contributed by atoms with van der Waals surface area (Å²) in [6, 6.07) is 13.0. The highest BCUT2D eigenvalue weighted by atomic mass is 16.5. The molecule has 168 valence electrons. The van der Waals surface area contributed by atoms with Crippen molar-refractivity contribution in [3.63, 3.8) is 0 Å². The fourth-order valence-electron chi connectivity index (χ4n) is 4.13. The van der Waals surface area contributed by atoms with Gasteiger partial charge in [-0.15, -0.1) is 0 Å². The monoisotopic (exact) mass is 437 g/mol. The van der Waals surface area contributed by atoms with Crippen molar-refractivity contribution in [3.05, 3.63) is 48.2 Å². The number of methoxy groups -OCH3 is 3. The van der Waals surface area contributed by atoms with E-state index in [-0.39, 0.29) is 17.7 Å². The van der Waals surface area contributed by atoms with Crippen LogP contribution in [0.2, 0.25) is 0 Å². The van der Waals surface area contributed by atoms with E-state index in [1.54, 1.807) is 17.0 Å². The van der Waals surface area contributed by atoms with Crippen LogP contribution in [0, 0.1) is 5.92 Å². The van der Waals surface area contributed by atoms with E-state index in [0.29, 0.717) is 48.1 Å². The van der Waals surface area contributed by atoms with Crippen molar-refractivity contribution in [2.24, 2.45) is 5.92 Å². The number of fused-ring (bicyclic) bond motifs is 1. The third-order valence-corrected chi connectivity index (χ3v) is 5.77. The maximum absolute atomic E-state index is 13.0. The standard InChI is InChI=1S/C24H27N3O5/c1-30-20-12-17(13-21(31-2)22(20)32-3)25-23(28)16-8-6-10-27(14-16)24(29)19-11-15-7-4-5-9-18(15)26-19/h4-5,7,9,11-13,16,26H,6,8,10,14H2,1-3H3,(H,25,28)/t16-/m1/s1. The Morgan fingerprint density at radius 1 is 1.03 bits per heavy atom. The number of nitrogens with zero attached hydrogens (tertiary/aromatic N) is 1. The highest BCUT2D eigenvalue weighted by Gasteiger charge is 2.30. The second-order valence-electron chi connectivity index (χ2n) is 7.76. The number of aromatic nitrogens is 1. The molecule has 0 spiro atoms. The first kappa shape index (κ1) is 21.5. The Morgan fingerprint density at radius 3 is 2.41 bits per heavy atom. The minimum atomic E-state index is -0.309. The third-order valence-electron chi connectivity index (χ3n) is 5.77. The number of anilines is 1. The average Bonchev–Trinajstić information content (AvgIpc) is 3.27. The van der Waals surface area contributed by atoms with Crippen LogP contribution >= 0.6 is 0 Å². The Hall–Kier alpha value is -3.68. The van der Waals surface area contributed by atoms with Gasteiger partial charge in [-0.1, -0.05) is 18.2 Å². The number of para-hydroxylation sites is 1. The number of nitrogens with one attached hydrogen (secondary N) is 2. The lowest BCUT2D eigenvalue weighted by Crippen LogP contribution is -2.43. The number of ether oxygens (including phenoxy) is 3. The first-order valence-electron chi connectivity index (χ1n) is 10.5. The molecule has 1 saturated heterocycles. The summed E-state index contributed by atoms with van der Waals surface area (Å²) in [6.07, 6.45) is 1.48. The molecule has 0 bridgehead atoms. The molecule has 4 rings (SSSR count). The summed E-state index contributed by atoms with van der Waals surface area (Å²) in [5.41, 5.74) is 2.00. The largest absolute Gasteiger partial charge is 0.493 e. The molecule has 2 amide bonds. The van der Waals surface area contributed by atoms with Gasteiger partial charge in [-0.25, -0.2) is 0 Å². The van der Waals surface area contributed by atoms with Gasteiger partial charge in [0.15, 0.2) is 11.5 Å². The Bertz CT molecular complexity index is 1080. The van der Waals surface area contributed by atoms with Crippen LogP contribution < -0.4 is 19.5 Å². The molecule has 1 aromatic heterocycles. The van der Waals surface area contributed by atoms with Gasteiger partial charge < -0.3 is 29.4 Å². The smallest absolute Gasteiger partial charge is 0.270 e. The van der Waals surface area contributed by atoms with Gasteiger partial charge in [0.05, 0.1) is 27.2 Å². The molecule has 8 heteroatoms. The minimum absolute atomic E-state index is 0.0912. The Morgan fingerprint density at radius 2 is 1.75 bits per heavy atom. The molecule has 1 aliphatic rings. The molecule has 1 fully saturated rings. The van der Waals surface area contributed by atoms with Crippen molar-refractivity contribution < 1.29 is 23.8 Å². The van der Waals surface area contributed by atoms with Crippen LogP contribution in [0.1, 0.15) is 23.3 Å². The summed E-state index contributed by atoms with van der Waals surface area (Å²) in [4.78, 5) is 31.0. The molecule has 2 N–H and O–H groups in total. The lowest BCUT2D eigenvalue weighted by atomic mass is 9.96. The van der Waals surface area contributed by atoms with Crippen molar-refractivity contribution in [3.8, 4) is 17.2 Å². The summed E-state index contributed by atoms with van der Waals surface area (Å²) in [5, 5.41) is 3.92. The minimum Gasteiger partial charge on any atom is -0.493 e. The number of hydrogen-bond donors (Lipinski definition) is 2. The fourth-order valence-corrected chi connectivity index (χ4v) is 4.13. The lowest BCUT2D eigenvalue weighted by Gasteiger charge is -2.31. The average molecular weight is 437 g/mol. The van der Waals surface area contributed by atoms with Gasteiger partial charge in [0.25, 0.3) is 5.91 Å². The van der Waals surface area contributed by atoms with E-state index >= 15 is 0 Å². The van der Waals surface area contributed by atoms with Crippen molar-refractivity contribution in [1.29, 1.82) is 0 Å². The van der Waals surface area contributed by atoms with Gasteiger partial charge in [-0.05, 0) is 25.0 Å². The second-order valence-corrected chi connectivity index (χ2v) is 7.76. The molecule has 3 aromatic rings. The highest BCUT2D eigenvalue weighted by Crippen LogP contribution is 2.40. The number of benzene rings is 2. The molecule has 0 saturated carbocycles. The van der Waals surface area contributed by atoms with Crippen LogP contribution in [0.4, 0.5) is 5.69 Å². The van der Waals surface area contributed by atoms with Crippen LogP contribution in [-0.4, -0.2) is 56.1 Å². The maximum Gasteiger partial charge on any atom is 0.270 e. The van der Waals surface area contributed by atoms with Gasteiger partial charge in [-0.3, -0.25) is 9.59 Å². The lowest BCUT2D eigenvalue weighted by molar-refractivity contribution is -0.121. The van der Waals surface area contributed by atoms with Crippen LogP contribution in [0.5, 0.6) is 17.2 Å². The molecule has 0 radical (unpaired) electrons. The number of carbonyl (C=O) groups excluding carboxylic acids is 2. The topological polar surface area (TPSA) is 92.9 Å². The van der Waals surface area contributed by atoms with Crippen molar-refractivity contribution in [2.75, 3.05) is 39.7 Å². The van der Waals surface area contributed by atoms with E-state index in [0.717, 1.165) is 17.3 Å². The summed E-state index contributed by atoms with van der Waals surface area (Å²) in [5.74, 6) is 0.833. The van der Waals surface area contributed by atoms with E-state index in [1.807, 2.05) is 30.3 Å². The van der Waals surface area contributed by atoms with Crippen molar-refractivity contribution in [2.45, 2.75) is 12.8 Å². The number of amides is 2. The number of hydrogen-bond acceptors (Lipinski definition) is 5. The zero-order valence-electron chi connectivity index (χ0n) is 18.4. The van der Waals surface area contributed by atoms with E-state index in [2.05, 4.69) is 10.3 Å². The number of rotatable bonds is 6. The van der Waals surface area contributed by atoms with Crippen LogP contribution in [0.3, 0.4) is 0 Å². The van der Waals surface area contributed by atoms with E-state index in [4.69, 9.17) is 14.2 Å². The molecule has 1 atom stereocenters. The van der Waals surface area contributed by atoms with Gasteiger partial charge in [0, 0.05) is 41.8 Å². The molecule has 2 heterocycles. The summed E-state index contributed by atoms with van der Waals surface area (Å²) in [7, 11) is 4.58. The summed E-state index contributed by atoms with van der Waals surface area (Å²) < 4.78 is 16.0. The third kappa shape index (κ3) is 4.21. The molecular formula is C24H27N3O5. The second kappa shape index (κ2) is 9.21. The number of aromatic amines is 1. The van der Waals surface area contributed by atoms with Crippen LogP contribution in [0.25, 0.3) is 10.9 Å². The summed E-state index contributed by atoms with van der Waals surface area (Å²) in [6.45, 7) is 0.993. The highest BCUT2D eigenvalue weighted by molar-refractivity contribution is 5.99. The Labute approximate surface area is 186 Å². The first-order chi connectivity index (χ1) is 15.5. The van der Waals surface area contributed by atoms with Gasteiger partial charge in [-0.2, -0.15) is 0 Å². The summed E-state index contributed by atoms with van der Waals surface area (Å²) >= 11 is 0. The number of H-pyrrole nitrogens is 1. The van der Waals surface area contributed by atoms with E-state index in [9.17, 15) is 9.59 Å². The zero-order valence-corrected chi connectivity index (χ0v) is 18.4. The van der Waals surface area contributed by atoms with Gasteiger partial charge >= 0.3 is 0 Å². The van der Waals surface area contributed by atoms with Gasteiger partial charge in [0.1, 0.15) is 5.69 Å². The molecule has 8 nitrogen and oxygen atoms in total. The molecule has 0 unspecified atom stereocenters. The zero-order chi connectivity index (χ0) is 22.7. The normalized spacial score (nSPS) is 16.0. The molecule has 0 aliphatic carbocycles. The first-order valence-corrected chi connectivity index (χ1v) is 10.5. The quantitative estimate of drug-likeness (QED) is 0.614.